The molecule has 0 aliphatic carbocycles. The van der Waals surface area contributed by atoms with Crippen molar-refractivity contribution < 1.29 is 8.78 Å². The Bertz CT molecular complexity index is 559. The van der Waals surface area contributed by atoms with Crippen LogP contribution in [0.4, 0.5) is 8.78 Å². The molecular formula is C13H15F2N3. The van der Waals surface area contributed by atoms with Gasteiger partial charge < -0.3 is 10.3 Å². The summed E-state index contributed by atoms with van der Waals surface area (Å²) in [5, 5.41) is 3.33. The van der Waals surface area contributed by atoms with Crippen molar-refractivity contribution in [1.29, 1.82) is 0 Å². The topological polar surface area (TPSA) is 40.7 Å². The molecule has 18 heavy (non-hydrogen) atoms. The minimum Gasteiger partial charge on any atom is -0.342 e. The van der Waals surface area contributed by atoms with Crippen molar-refractivity contribution >= 4 is 11.0 Å². The van der Waals surface area contributed by atoms with Crippen molar-refractivity contribution in [3.8, 4) is 0 Å². The van der Waals surface area contributed by atoms with Crippen LogP contribution in [0, 0.1) is 17.6 Å². The average Bonchev–Trinajstić information content (AvgIpc) is 2.73. The molecule has 0 radical (unpaired) electrons. The molecule has 2 aromatic rings. The molecule has 5 heteroatoms. The van der Waals surface area contributed by atoms with Crippen LogP contribution in [0.1, 0.15) is 18.7 Å². The summed E-state index contributed by atoms with van der Waals surface area (Å²) in [6.07, 6.45) is 3.09. The van der Waals surface area contributed by atoms with E-state index in [-0.39, 0.29) is 5.52 Å². The minimum atomic E-state index is -0.603. The predicted molar refractivity (Wildman–Crippen MR) is 65.3 cm³/mol. The third-order valence-corrected chi connectivity index (χ3v) is 3.43. The van der Waals surface area contributed by atoms with Gasteiger partial charge in [-0.1, -0.05) is 0 Å². The smallest absolute Gasteiger partial charge is 0.153 e. The van der Waals surface area contributed by atoms with E-state index in [4.69, 9.17) is 0 Å². The van der Waals surface area contributed by atoms with Crippen molar-refractivity contribution in [2.24, 2.45) is 5.92 Å². The fraction of sp³-hybridized carbons (Fsp3) is 0.462. The summed E-state index contributed by atoms with van der Waals surface area (Å²) in [4.78, 5) is 7.23. The van der Waals surface area contributed by atoms with Gasteiger partial charge in [0.15, 0.2) is 5.82 Å². The predicted octanol–water partition coefficient (Wildman–Crippen LogP) is 2.38. The first kappa shape index (κ1) is 11.6. The molecule has 1 unspecified atom stereocenters. The Morgan fingerprint density at radius 1 is 1.33 bits per heavy atom. The molecule has 1 atom stereocenters. The number of piperidine rings is 1. The molecule has 0 saturated carbocycles. The summed E-state index contributed by atoms with van der Waals surface area (Å²) in [6.45, 7) is 2.03. The fourth-order valence-electron chi connectivity index (χ4n) is 2.56. The highest BCUT2D eigenvalue weighted by Gasteiger charge is 2.16. The summed E-state index contributed by atoms with van der Waals surface area (Å²) >= 11 is 0. The highest BCUT2D eigenvalue weighted by Crippen LogP contribution is 2.20. The molecule has 3 rings (SSSR count). The number of fused-ring (bicyclic) bond motifs is 1. The fourth-order valence-corrected chi connectivity index (χ4v) is 2.56. The van der Waals surface area contributed by atoms with Crippen LogP contribution in [0.5, 0.6) is 0 Å². The Kier molecular flexibility index (Phi) is 2.99. The second kappa shape index (κ2) is 4.65. The number of nitrogens with one attached hydrogen (secondary N) is 2. The van der Waals surface area contributed by atoms with Crippen molar-refractivity contribution in [1.82, 2.24) is 15.3 Å². The van der Waals surface area contributed by atoms with Gasteiger partial charge in [-0.05, 0) is 37.9 Å². The summed E-state index contributed by atoms with van der Waals surface area (Å²) < 4.78 is 26.6. The molecule has 1 aliphatic rings. The number of halogens is 2. The van der Waals surface area contributed by atoms with Crippen molar-refractivity contribution in [3.05, 3.63) is 29.6 Å². The summed E-state index contributed by atoms with van der Waals surface area (Å²) in [5.41, 5.74) is 0.668. The van der Waals surface area contributed by atoms with E-state index >= 15 is 0 Å². The van der Waals surface area contributed by atoms with Crippen LogP contribution in [0.3, 0.4) is 0 Å². The third kappa shape index (κ3) is 2.22. The van der Waals surface area contributed by atoms with Crippen LogP contribution in [-0.4, -0.2) is 23.1 Å². The second-order valence-corrected chi connectivity index (χ2v) is 4.88. The number of nitrogens with zero attached hydrogens (tertiary/aromatic N) is 1. The number of aromatic nitrogens is 2. The molecule has 1 aliphatic heterocycles. The Balaban J connectivity index is 1.86. The Labute approximate surface area is 104 Å². The Morgan fingerprint density at radius 2 is 2.22 bits per heavy atom. The molecule has 1 aromatic heterocycles. The second-order valence-electron chi connectivity index (χ2n) is 4.88. The maximum Gasteiger partial charge on any atom is 0.153 e. The number of benzene rings is 1. The zero-order valence-electron chi connectivity index (χ0n) is 9.97. The zero-order chi connectivity index (χ0) is 12.5. The van der Waals surface area contributed by atoms with E-state index in [0.29, 0.717) is 11.4 Å². The van der Waals surface area contributed by atoms with E-state index in [1.165, 1.54) is 6.07 Å². The van der Waals surface area contributed by atoms with Gasteiger partial charge in [0.2, 0.25) is 0 Å². The van der Waals surface area contributed by atoms with Gasteiger partial charge in [-0.15, -0.1) is 0 Å². The molecule has 96 valence electrons. The number of hydrogen-bond donors (Lipinski definition) is 2. The monoisotopic (exact) mass is 251 g/mol. The number of rotatable bonds is 2. The van der Waals surface area contributed by atoms with E-state index in [2.05, 4.69) is 15.3 Å². The van der Waals surface area contributed by atoms with Crippen molar-refractivity contribution in [2.45, 2.75) is 19.3 Å². The van der Waals surface area contributed by atoms with E-state index < -0.39 is 11.6 Å². The van der Waals surface area contributed by atoms with Gasteiger partial charge in [-0.3, -0.25) is 0 Å². The largest absolute Gasteiger partial charge is 0.342 e. The van der Waals surface area contributed by atoms with Crippen LogP contribution in [0.2, 0.25) is 0 Å². The molecular weight excluding hydrogens is 236 g/mol. The van der Waals surface area contributed by atoms with E-state index in [1.807, 2.05) is 0 Å². The molecule has 3 nitrogen and oxygen atoms in total. The van der Waals surface area contributed by atoms with Crippen LogP contribution < -0.4 is 5.32 Å². The van der Waals surface area contributed by atoms with Crippen LogP contribution in [0.25, 0.3) is 11.0 Å². The lowest BCUT2D eigenvalue weighted by atomic mass is 9.96. The van der Waals surface area contributed by atoms with Gasteiger partial charge >= 0.3 is 0 Å². The standard InChI is InChI=1S/C13H15F2N3/c14-9-5-10(15)13-11(6-9)17-12(18-13)4-8-2-1-3-16-7-8/h5-6,8,16H,1-4,7H2,(H,17,18). The van der Waals surface area contributed by atoms with Gasteiger partial charge in [0, 0.05) is 12.5 Å². The molecule has 2 N–H and O–H groups in total. The quantitative estimate of drug-likeness (QED) is 0.860. The average molecular weight is 251 g/mol. The summed E-state index contributed by atoms with van der Waals surface area (Å²) in [5.74, 6) is 0.0826. The van der Waals surface area contributed by atoms with Gasteiger partial charge in [-0.2, -0.15) is 0 Å². The van der Waals surface area contributed by atoms with E-state index in [1.54, 1.807) is 0 Å². The van der Waals surface area contributed by atoms with E-state index in [9.17, 15) is 8.78 Å². The number of imidazole rings is 1. The minimum absolute atomic E-state index is 0.232. The Hall–Kier alpha value is -1.49. The van der Waals surface area contributed by atoms with Crippen LogP contribution in [-0.2, 0) is 6.42 Å². The van der Waals surface area contributed by atoms with Gasteiger partial charge in [0.25, 0.3) is 0 Å². The molecule has 1 aromatic carbocycles. The highest BCUT2D eigenvalue weighted by atomic mass is 19.1. The lowest BCUT2D eigenvalue weighted by Gasteiger charge is -2.21. The number of aromatic amines is 1. The molecule has 0 bridgehead atoms. The first-order valence-corrected chi connectivity index (χ1v) is 6.27. The molecule has 2 heterocycles. The lowest BCUT2D eigenvalue weighted by Crippen LogP contribution is -2.31. The zero-order valence-corrected chi connectivity index (χ0v) is 9.97. The van der Waals surface area contributed by atoms with Crippen LogP contribution in [0.15, 0.2) is 12.1 Å². The van der Waals surface area contributed by atoms with Crippen LogP contribution >= 0.6 is 0 Å². The first-order chi connectivity index (χ1) is 8.72. The molecule has 1 fully saturated rings. The normalized spacial score (nSPS) is 20.4. The summed E-state index contributed by atoms with van der Waals surface area (Å²) in [7, 11) is 0. The molecule has 0 amide bonds. The van der Waals surface area contributed by atoms with Gasteiger partial charge in [0.05, 0.1) is 5.52 Å². The van der Waals surface area contributed by atoms with E-state index in [0.717, 1.165) is 44.2 Å². The molecule has 0 spiro atoms. The maximum atomic E-state index is 13.5. The lowest BCUT2D eigenvalue weighted by molar-refractivity contribution is 0.371. The van der Waals surface area contributed by atoms with Gasteiger partial charge in [-0.25, -0.2) is 13.8 Å². The first-order valence-electron chi connectivity index (χ1n) is 6.27. The highest BCUT2D eigenvalue weighted by molar-refractivity contribution is 5.75. The molecule has 1 saturated heterocycles. The maximum absolute atomic E-state index is 13.5. The third-order valence-electron chi connectivity index (χ3n) is 3.43. The van der Waals surface area contributed by atoms with Crippen molar-refractivity contribution in [2.75, 3.05) is 13.1 Å². The summed E-state index contributed by atoms with van der Waals surface area (Å²) in [6, 6.07) is 2.16. The Morgan fingerprint density at radius 3 is 3.00 bits per heavy atom. The number of H-pyrrole nitrogens is 1. The SMILES string of the molecule is Fc1cc(F)c2nc(CC3CCCNC3)[nH]c2c1. The van der Waals surface area contributed by atoms with Gasteiger partial charge in [0.1, 0.15) is 17.2 Å². The number of hydrogen-bond acceptors (Lipinski definition) is 2. The van der Waals surface area contributed by atoms with Crippen molar-refractivity contribution in [3.63, 3.8) is 0 Å².